The van der Waals surface area contributed by atoms with Crippen molar-refractivity contribution in [2.24, 2.45) is 0 Å². The van der Waals surface area contributed by atoms with E-state index in [1.165, 1.54) is 11.1 Å². The van der Waals surface area contributed by atoms with Gasteiger partial charge in [0.15, 0.2) is 0 Å². The van der Waals surface area contributed by atoms with Gasteiger partial charge in [0.2, 0.25) is 5.82 Å². The summed E-state index contributed by atoms with van der Waals surface area (Å²) in [7, 11) is 2.05. The van der Waals surface area contributed by atoms with Gasteiger partial charge in [-0.2, -0.15) is 4.98 Å². The molecule has 0 radical (unpaired) electrons. The molecule has 0 unspecified atom stereocenters. The van der Waals surface area contributed by atoms with Crippen LogP contribution in [-0.2, 0) is 6.42 Å². The maximum Gasteiger partial charge on any atom is 0.258 e. The fraction of sp³-hybridized carbons (Fsp3) is 0.391. The third kappa shape index (κ3) is 3.91. The van der Waals surface area contributed by atoms with Crippen molar-refractivity contribution in [1.82, 2.24) is 15.0 Å². The Kier molecular flexibility index (Phi) is 5.74. The fourth-order valence-corrected chi connectivity index (χ4v) is 4.11. The number of nitrogens with two attached hydrogens (primary N) is 1. The number of aliphatic hydroxyl groups excluding tert-OH is 1. The minimum absolute atomic E-state index is 0.0496. The van der Waals surface area contributed by atoms with Crippen molar-refractivity contribution < 1.29 is 14.4 Å². The summed E-state index contributed by atoms with van der Waals surface area (Å²) < 4.78 is 11.2. The van der Waals surface area contributed by atoms with Gasteiger partial charge in [0, 0.05) is 23.7 Å². The van der Waals surface area contributed by atoms with Crippen LogP contribution in [0.25, 0.3) is 22.8 Å². The SMILES string of the molecule is CC(C)Oc1ccc(-c2nc(-c3cccc4c3CC[C@@H]4N(C)CCO)no2)cc1N. The zero-order valence-corrected chi connectivity index (χ0v) is 17.6. The highest BCUT2D eigenvalue weighted by Gasteiger charge is 2.28. The highest BCUT2D eigenvalue weighted by Crippen LogP contribution is 2.40. The van der Waals surface area contributed by atoms with Gasteiger partial charge in [0.25, 0.3) is 5.89 Å². The van der Waals surface area contributed by atoms with E-state index in [4.69, 9.17) is 15.0 Å². The van der Waals surface area contributed by atoms with Gasteiger partial charge < -0.3 is 20.1 Å². The van der Waals surface area contributed by atoms with Crippen LogP contribution in [0.1, 0.15) is 37.4 Å². The number of aliphatic hydroxyl groups is 1. The molecule has 7 nitrogen and oxygen atoms in total. The highest BCUT2D eigenvalue weighted by molar-refractivity contribution is 5.69. The summed E-state index contributed by atoms with van der Waals surface area (Å²) in [4.78, 5) is 6.83. The Balaban J connectivity index is 1.62. The number of aromatic nitrogens is 2. The van der Waals surface area contributed by atoms with E-state index < -0.39 is 0 Å². The average Bonchev–Trinajstić information content (AvgIpc) is 3.36. The van der Waals surface area contributed by atoms with E-state index in [0.717, 1.165) is 24.0 Å². The van der Waals surface area contributed by atoms with Crippen LogP contribution in [0.4, 0.5) is 5.69 Å². The third-order valence-corrected chi connectivity index (χ3v) is 5.51. The minimum Gasteiger partial charge on any atom is -0.489 e. The van der Waals surface area contributed by atoms with E-state index in [9.17, 15) is 5.11 Å². The first-order valence-corrected chi connectivity index (χ1v) is 10.3. The average molecular weight is 409 g/mol. The summed E-state index contributed by atoms with van der Waals surface area (Å²) in [5, 5.41) is 13.5. The van der Waals surface area contributed by atoms with E-state index in [1.807, 2.05) is 45.2 Å². The summed E-state index contributed by atoms with van der Waals surface area (Å²) in [6.45, 7) is 4.73. The second-order valence-corrected chi connectivity index (χ2v) is 7.97. The van der Waals surface area contributed by atoms with Crippen LogP contribution in [0.15, 0.2) is 40.9 Å². The first kappa shape index (κ1) is 20.4. The summed E-state index contributed by atoms with van der Waals surface area (Å²) in [5.41, 5.74) is 10.9. The molecule has 0 spiro atoms. The van der Waals surface area contributed by atoms with Gasteiger partial charge >= 0.3 is 0 Å². The molecule has 30 heavy (non-hydrogen) atoms. The molecule has 0 saturated carbocycles. The summed E-state index contributed by atoms with van der Waals surface area (Å²) in [5.74, 6) is 1.65. The Labute approximate surface area is 176 Å². The smallest absolute Gasteiger partial charge is 0.258 e. The van der Waals surface area contributed by atoms with Crippen LogP contribution in [0, 0.1) is 0 Å². The fourth-order valence-electron chi connectivity index (χ4n) is 4.11. The van der Waals surface area contributed by atoms with Crippen LogP contribution < -0.4 is 10.5 Å². The topological polar surface area (TPSA) is 97.6 Å². The van der Waals surface area contributed by atoms with Crippen molar-refractivity contribution in [3.05, 3.63) is 47.5 Å². The van der Waals surface area contributed by atoms with Gasteiger partial charge in [0.1, 0.15) is 5.75 Å². The van der Waals surface area contributed by atoms with Crippen LogP contribution in [0.2, 0.25) is 0 Å². The van der Waals surface area contributed by atoms with Crippen molar-refractivity contribution in [1.29, 1.82) is 0 Å². The molecule has 4 rings (SSSR count). The Bertz CT molecular complexity index is 1030. The van der Waals surface area contributed by atoms with Crippen LogP contribution in [-0.4, -0.2) is 46.5 Å². The molecule has 1 heterocycles. The van der Waals surface area contributed by atoms with Crippen molar-refractivity contribution in [3.63, 3.8) is 0 Å². The van der Waals surface area contributed by atoms with E-state index in [2.05, 4.69) is 21.1 Å². The largest absolute Gasteiger partial charge is 0.489 e. The van der Waals surface area contributed by atoms with Gasteiger partial charge in [-0.05, 0) is 63.1 Å². The predicted octanol–water partition coefficient (Wildman–Crippen LogP) is 3.68. The van der Waals surface area contributed by atoms with Crippen LogP contribution >= 0.6 is 0 Å². The molecule has 1 aromatic heterocycles. The zero-order chi connectivity index (χ0) is 21.3. The lowest BCUT2D eigenvalue weighted by atomic mass is 10.0. The number of rotatable bonds is 7. The summed E-state index contributed by atoms with van der Waals surface area (Å²) in [6.07, 6.45) is 2.01. The number of fused-ring (bicyclic) bond motifs is 1. The normalized spacial score (nSPS) is 15.7. The molecule has 3 N–H and O–H groups in total. The molecule has 0 saturated heterocycles. The zero-order valence-electron chi connectivity index (χ0n) is 17.6. The summed E-state index contributed by atoms with van der Waals surface area (Å²) in [6, 6.07) is 12.0. The first-order valence-electron chi connectivity index (χ1n) is 10.3. The molecule has 0 aliphatic heterocycles. The number of hydrogen-bond acceptors (Lipinski definition) is 7. The maximum absolute atomic E-state index is 9.28. The Morgan fingerprint density at radius 2 is 2.13 bits per heavy atom. The Morgan fingerprint density at radius 1 is 1.30 bits per heavy atom. The third-order valence-electron chi connectivity index (χ3n) is 5.51. The van der Waals surface area contributed by atoms with Gasteiger partial charge in [0.05, 0.1) is 18.4 Å². The van der Waals surface area contributed by atoms with E-state index in [0.29, 0.717) is 35.7 Å². The Morgan fingerprint density at radius 3 is 2.87 bits per heavy atom. The number of nitrogens with zero attached hydrogens (tertiary/aromatic N) is 3. The molecule has 0 fully saturated rings. The van der Waals surface area contributed by atoms with E-state index in [-0.39, 0.29) is 12.7 Å². The molecule has 0 amide bonds. The van der Waals surface area contributed by atoms with E-state index in [1.54, 1.807) is 6.07 Å². The van der Waals surface area contributed by atoms with Gasteiger partial charge in [-0.25, -0.2) is 0 Å². The number of nitrogen functional groups attached to an aromatic ring is 1. The second-order valence-electron chi connectivity index (χ2n) is 7.97. The highest BCUT2D eigenvalue weighted by atomic mass is 16.5. The molecular formula is C23H28N4O3. The molecule has 7 heteroatoms. The molecular weight excluding hydrogens is 380 g/mol. The van der Waals surface area contributed by atoms with Crippen LogP contribution in [0.5, 0.6) is 5.75 Å². The van der Waals surface area contributed by atoms with Gasteiger partial charge in [-0.1, -0.05) is 23.4 Å². The lowest BCUT2D eigenvalue weighted by Crippen LogP contribution is -2.26. The molecule has 1 aliphatic carbocycles. The number of anilines is 1. The van der Waals surface area contributed by atoms with Crippen molar-refractivity contribution in [3.8, 4) is 28.6 Å². The minimum atomic E-state index is 0.0496. The number of likely N-dealkylation sites (N-methyl/N-ethyl adjacent to an activating group) is 1. The van der Waals surface area contributed by atoms with Crippen molar-refractivity contribution in [2.75, 3.05) is 25.9 Å². The van der Waals surface area contributed by atoms with E-state index >= 15 is 0 Å². The van der Waals surface area contributed by atoms with Crippen LogP contribution in [0.3, 0.4) is 0 Å². The quantitative estimate of drug-likeness (QED) is 0.576. The molecule has 1 aliphatic rings. The molecule has 158 valence electrons. The molecule has 2 aromatic carbocycles. The maximum atomic E-state index is 9.28. The monoisotopic (exact) mass is 408 g/mol. The second kappa shape index (κ2) is 8.45. The van der Waals surface area contributed by atoms with Crippen molar-refractivity contribution >= 4 is 5.69 Å². The summed E-state index contributed by atoms with van der Waals surface area (Å²) >= 11 is 0. The van der Waals surface area contributed by atoms with Crippen molar-refractivity contribution in [2.45, 2.75) is 38.8 Å². The predicted molar refractivity (Wildman–Crippen MR) is 116 cm³/mol. The van der Waals surface area contributed by atoms with Gasteiger partial charge in [-0.15, -0.1) is 0 Å². The molecule has 3 aromatic rings. The first-order chi connectivity index (χ1) is 14.5. The lowest BCUT2D eigenvalue weighted by Gasteiger charge is -2.24. The molecule has 1 atom stereocenters. The number of ether oxygens (including phenoxy) is 1. The standard InChI is InChI=1S/C23H28N4O3/c1-14(2)29-21-10-7-15(13-19(21)24)23-25-22(26-30-23)18-6-4-5-17-16(18)8-9-20(17)27(3)11-12-28/h4-7,10,13-14,20,28H,8-9,11-12,24H2,1-3H3/t20-/m0/s1. The number of hydrogen-bond donors (Lipinski definition) is 2. The lowest BCUT2D eigenvalue weighted by molar-refractivity contribution is 0.180. The number of benzene rings is 2. The Hall–Kier alpha value is -2.90. The molecule has 0 bridgehead atoms. The van der Waals surface area contributed by atoms with Gasteiger partial charge in [-0.3, -0.25) is 4.90 Å².